The third-order valence-electron chi connectivity index (χ3n) is 4.43. The zero-order valence-electron chi connectivity index (χ0n) is 14.6. The summed E-state index contributed by atoms with van der Waals surface area (Å²) in [6.07, 6.45) is 0. The van der Waals surface area contributed by atoms with Crippen molar-refractivity contribution in [2.75, 3.05) is 12.4 Å². The molecule has 4 rings (SSSR count). The average Bonchev–Trinajstić information content (AvgIpc) is 2.72. The normalized spacial score (nSPS) is 10.7. The van der Waals surface area contributed by atoms with Crippen LogP contribution in [0.3, 0.4) is 0 Å². The van der Waals surface area contributed by atoms with Gasteiger partial charge in [-0.3, -0.25) is 0 Å². The van der Waals surface area contributed by atoms with Crippen LogP contribution in [0, 0.1) is 0 Å². The maximum absolute atomic E-state index is 5.28. The molecule has 4 aromatic rings. The number of hydrogen-bond donors (Lipinski definition) is 1. The van der Waals surface area contributed by atoms with Crippen molar-refractivity contribution >= 4 is 16.7 Å². The minimum Gasteiger partial charge on any atom is -0.497 e. The van der Waals surface area contributed by atoms with Crippen LogP contribution >= 0.6 is 0 Å². The zero-order valence-corrected chi connectivity index (χ0v) is 14.6. The fraction of sp³-hybridized carbons (Fsp3) is 0.0870. The van der Waals surface area contributed by atoms with Crippen molar-refractivity contribution in [3.63, 3.8) is 0 Å². The molecule has 0 fully saturated rings. The van der Waals surface area contributed by atoms with Crippen molar-refractivity contribution in [2.45, 2.75) is 6.54 Å². The highest BCUT2D eigenvalue weighted by atomic mass is 16.5. The van der Waals surface area contributed by atoms with E-state index in [1.54, 1.807) is 7.11 Å². The molecule has 0 aliphatic carbocycles. The van der Waals surface area contributed by atoms with Crippen LogP contribution in [0.4, 0.5) is 5.82 Å². The Kier molecular flexibility index (Phi) is 4.52. The molecule has 3 heteroatoms. The van der Waals surface area contributed by atoms with Gasteiger partial charge in [0.1, 0.15) is 11.6 Å². The summed E-state index contributed by atoms with van der Waals surface area (Å²) in [5.41, 5.74) is 4.41. The van der Waals surface area contributed by atoms with Crippen LogP contribution in [0.2, 0.25) is 0 Å². The number of nitrogens with zero attached hydrogens (tertiary/aromatic N) is 1. The summed E-state index contributed by atoms with van der Waals surface area (Å²) in [5.74, 6) is 1.74. The van der Waals surface area contributed by atoms with Gasteiger partial charge in [-0.1, -0.05) is 60.7 Å². The molecule has 1 heterocycles. The van der Waals surface area contributed by atoms with E-state index in [-0.39, 0.29) is 0 Å². The predicted octanol–water partition coefficient (Wildman–Crippen LogP) is 5.52. The molecular formula is C23H20N2O. The van der Waals surface area contributed by atoms with Crippen LogP contribution in [0.1, 0.15) is 5.56 Å². The number of fused-ring (bicyclic) bond motifs is 1. The molecule has 3 nitrogen and oxygen atoms in total. The van der Waals surface area contributed by atoms with Crippen molar-refractivity contribution in [3.05, 3.63) is 90.5 Å². The van der Waals surface area contributed by atoms with Gasteiger partial charge in [-0.15, -0.1) is 0 Å². The Morgan fingerprint density at radius 3 is 2.35 bits per heavy atom. The minimum atomic E-state index is 0.731. The van der Waals surface area contributed by atoms with Gasteiger partial charge in [-0.05, 0) is 35.4 Å². The van der Waals surface area contributed by atoms with Gasteiger partial charge >= 0.3 is 0 Å². The Morgan fingerprint density at radius 2 is 1.58 bits per heavy atom. The number of aromatic nitrogens is 1. The third-order valence-corrected chi connectivity index (χ3v) is 4.43. The van der Waals surface area contributed by atoms with E-state index in [9.17, 15) is 0 Å². The van der Waals surface area contributed by atoms with E-state index in [0.717, 1.165) is 40.1 Å². The van der Waals surface area contributed by atoms with Gasteiger partial charge in [0.05, 0.1) is 12.6 Å². The van der Waals surface area contributed by atoms with Crippen molar-refractivity contribution in [3.8, 4) is 16.9 Å². The van der Waals surface area contributed by atoms with Crippen LogP contribution in [-0.4, -0.2) is 12.1 Å². The highest BCUT2D eigenvalue weighted by Crippen LogP contribution is 2.31. The molecule has 128 valence electrons. The Bertz CT molecular complexity index is 1010. The van der Waals surface area contributed by atoms with Gasteiger partial charge in [0.25, 0.3) is 0 Å². The fourth-order valence-corrected chi connectivity index (χ4v) is 3.02. The molecule has 0 aliphatic rings. The standard InChI is InChI=1S/C23H20N2O/c1-26-20-13-11-18(12-14-20)21-15-19-9-5-6-10-22(19)25-23(21)24-16-17-7-3-2-4-8-17/h2-15H,16H2,1H3,(H,24,25). The van der Waals surface area contributed by atoms with Gasteiger partial charge in [-0.25, -0.2) is 4.98 Å². The van der Waals surface area contributed by atoms with Crippen molar-refractivity contribution in [2.24, 2.45) is 0 Å². The highest BCUT2D eigenvalue weighted by Gasteiger charge is 2.09. The van der Waals surface area contributed by atoms with Crippen LogP contribution < -0.4 is 10.1 Å². The molecular weight excluding hydrogens is 320 g/mol. The van der Waals surface area contributed by atoms with E-state index < -0.39 is 0 Å². The number of hydrogen-bond acceptors (Lipinski definition) is 3. The summed E-state index contributed by atoms with van der Waals surface area (Å²) in [4.78, 5) is 4.87. The minimum absolute atomic E-state index is 0.731. The third kappa shape index (κ3) is 3.38. The molecule has 0 amide bonds. The number of methoxy groups -OCH3 is 1. The summed E-state index contributed by atoms with van der Waals surface area (Å²) < 4.78 is 5.28. The number of benzene rings is 3. The van der Waals surface area contributed by atoms with E-state index in [1.165, 1.54) is 5.56 Å². The monoisotopic (exact) mass is 340 g/mol. The Hall–Kier alpha value is -3.33. The van der Waals surface area contributed by atoms with Gasteiger partial charge in [0.2, 0.25) is 0 Å². The second-order valence-electron chi connectivity index (χ2n) is 6.14. The Balaban J connectivity index is 1.75. The molecule has 0 spiro atoms. The lowest BCUT2D eigenvalue weighted by Crippen LogP contribution is -2.03. The quantitative estimate of drug-likeness (QED) is 0.519. The second-order valence-corrected chi connectivity index (χ2v) is 6.14. The largest absolute Gasteiger partial charge is 0.497 e. The summed E-state index contributed by atoms with van der Waals surface area (Å²) in [6, 6.07) is 28.8. The van der Waals surface area contributed by atoms with Crippen molar-refractivity contribution in [1.82, 2.24) is 4.98 Å². The molecule has 1 aromatic heterocycles. The van der Waals surface area contributed by atoms with Gasteiger partial charge in [0.15, 0.2) is 0 Å². The van der Waals surface area contributed by atoms with Crippen molar-refractivity contribution in [1.29, 1.82) is 0 Å². The number of anilines is 1. The number of ether oxygens (including phenoxy) is 1. The van der Waals surface area contributed by atoms with Crippen LogP contribution in [0.25, 0.3) is 22.0 Å². The maximum Gasteiger partial charge on any atom is 0.134 e. The lowest BCUT2D eigenvalue weighted by Gasteiger charge is -2.13. The van der Waals surface area contributed by atoms with Gasteiger partial charge in [-0.2, -0.15) is 0 Å². The zero-order chi connectivity index (χ0) is 17.8. The first-order chi connectivity index (χ1) is 12.8. The number of para-hydroxylation sites is 1. The molecule has 0 saturated heterocycles. The van der Waals surface area contributed by atoms with E-state index >= 15 is 0 Å². The lowest BCUT2D eigenvalue weighted by atomic mass is 10.0. The molecule has 0 aliphatic heterocycles. The van der Waals surface area contributed by atoms with Gasteiger partial charge in [0, 0.05) is 17.5 Å². The lowest BCUT2D eigenvalue weighted by molar-refractivity contribution is 0.415. The molecule has 0 unspecified atom stereocenters. The van der Waals surface area contributed by atoms with Crippen LogP contribution in [0.15, 0.2) is 84.9 Å². The Labute approximate surface area is 153 Å². The smallest absolute Gasteiger partial charge is 0.134 e. The van der Waals surface area contributed by atoms with Crippen LogP contribution in [-0.2, 0) is 6.54 Å². The molecule has 0 bridgehead atoms. The van der Waals surface area contributed by atoms with Crippen molar-refractivity contribution < 1.29 is 4.74 Å². The van der Waals surface area contributed by atoms with E-state index in [2.05, 4.69) is 53.8 Å². The summed E-state index contributed by atoms with van der Waals surface area (Å²) in [7, 11) is 1.68. The van der Waals surface area contributed by atoms with E-state index in [4.69, 9.17) is 9.72 Å². The summed E-state index contributed by atoms with van der Waals surface area (Å²) in [6.45, 7) is 0.731. The van der Waals surface area contributed by atoms with E-state index in [1.807, 2.05) is 36.4 Å². The predicted molar refractivity (Wildman–Crippen MR) is 107 cm³/mol. The SMILES string of the molecule is COc1ccc(-c2cc3ccccc3nc2NCc2ccccc2)cc1. The highest BCUT2D eigenvalue weighted by molar-refractivity contribution is 5.89. The molecule has 1 N–H and O–H groups in total. The summed E-state index contributed by atoms with van der Waals surface area (Å²) in [5, 5.41) is 4.63. The molecule has 0 saturated carbocycles. The molecule has 0 radical (unpaired) electrons. The first kappa shape index (κ1) is 16.2. The van der Waals surface area contributed by atoms with E-state index in [0.29, 0.717) is 0 Å². The maximum atomic E-state index is 5.28. The molecule has 0 atom stereocenters. The number of pyridine rings is 1. The van der Waals surface area contributed by atoms with Crippen LogP contribution in [0.5, 0.6) is 5.75 Å². The second kappa shape index (κ2) is 7.28. The fourth-order valence-electron chi connectivity index (χ4n) is 3.02. The van der Waals surface area contributed by atoms with Gasteiger partial charge < -0.3 is 10.1 Å². The first-order valence-corrected chi connectivity index (χ1v) is 8.65. The summed E-state index contributed by atoms with van der Waals surface area (Å²) >= 11 is 0. The topological polar surface area (TPSA) is 34.1 Å². The first-order valence-electron chi connectivity index (χ1n) is 8.65. The molecule has 3 aromatic carbocycles. The average molecular weight is 340 g/mol. The number of rotatable bonds is 5. The Morgan fingerprint density at radius 1 is 0.846 bits per heavy atom. The number of nitrogens with one attached hydrogen (secondary N) is 1. The molecule has 26 heavy (non-hydrogen) atoms.